The Morgan fingerprint density at radius 2 is 1.97 bits per heavy atom. The molecule has 8 nitrogen and oxygen atoms in total. The van der Waals surface area contributed by atoms with E-state index in [1.807, 2.05) is 6.92 Å². The van der Waals surface area contributed by atoms with Crippen LogP contribution in [-0.4, -0.2) is 71.3 Å². The summed E-state index contributed by atoms with van der Waals surface area (Å²) in [5, 5.41) is 12.1. The Kier molecular flexibility index (Phi) is 7.63. The number of esters is 1. The monoisotopic (exact) mass is 438 g/mol. The fourth-order valence-electron chi connectivity index (χ4n) is 5.91. The summed E-state index contributed by atoms with van der Waals surface area (Å²) >= 11 is 0. The number of ether oxygens (including phenoxy) is 2. The first-order valence-corrected chi connectivity index (χ1v) is 12.0. The summed E-state index contributed by atoms with van der Waals surface area (Å²) < 4.78 is 12.0. The first-order valence-electron chi connectivity index (χ1n) is 12.0. The van der Waals surface area contributed by atoms with Crippen LogP contribution in [0.25, 0.3) is 0 Å². The van der Waals surface area contributed by atoms with Crippen LogP contribution in [-0.2, 0) is 23.9 Å². The van der Waals surface area contributed by atoms with Crippen LogP contribution in [0.4, 0.5) is 0 Å². The zero-order chi connectivity index (χ0) is 22.6. The maximum atomic E-state index is 13.7. The minimum Gasteiger partial charge on any atom is -0.466 e. The minimum absolute atomic E-state index is 0.106. The Bertz CT molecular complexity index is 685. The van der Waals surface area contributed by atoms with Crippen molar-refractivity contribution >= 4 is 17.8 Å². The standard InChI is InChI=1S/C23H38N2O6/c1-4-7-13-24-19(27)18-23-12-11-22(5-2,31-23)17(21(29)30-6-3)16(23)20(28)25(18)14-9-8-10-15-26/h16-18,26H,4-15H2,1-3H3,(H,24,27)/t16-,17-,18?,22+,23?/m0/s1. The minimum atomic E-state index is -0.974. The third-order valence-electron chi connectivity index (χ3n) is 7.36. The van der Waals surface area contributed by atoms with Gasteiger partial charge in [0.05, 0.1) is 18.1 Å². The molecule has 3 aliphatic rings. The highest BCUT2D eigenvalue weighted by molar-refractivity contribution is 5.98. The van der Waals surface area contributed by atoms with Gasteiger partial charge in [0.1, 0.15) is 17.6 Å². The second kappa shape index (κ2) is 9.86. The first-order chi connectivity index (χ1) is 14.9. The Morgan fingerprint density at radius 1 is 1.19 bits per heavy atom. The summed E-state index contributed by atoms with van der Waals surface area (Å²) in [7, 11) is 0. The molecule has 176 valence electrons. The van der Waals surface area contributed by atoms with Crippen LogP contribution < -0.4 is 5.32 Å². The Hall–Kier alpha value is -1.67. The van der Waals surface area contributed by atoms with Gasteiger partial charge in [-0.1, -0.05) is 20.3 Å². The van der Waals surface area contributed by atoms with E-state index in [4.69, 9.17) is 14.6 Å². The van der Waals surface area contributed by atoms with Crippen molar-refractivity contribution in [1.29, 1.82) is 0 Å². The zero-order valence-corrected chi connectivity index (χ0v) is 19.2. The fraction of sp³-hybridized carbons (Fsp3) is 0.870. The lowest BCUT2D eigenvalue weighted by Gasteiger charge is -2.33. The SMILES string of the molecule is CCCCNC(=O)C1N(CCCCCO)C(=O)[C@@H]2[C@@H](C(=O)OCC)[C@@]3(CC)CCC12O3. The Balaban J connectivity index is 1.93. The molecule has 31 heavy (non-hydrogen) atoms. The molecule has 0 aromatic rings. The molecule has 0 saturated carbocycles. The van der Waals surface area contributed by atoms with Crippen molar-refractivity contribution in [3.8, 4) is 0 Å². The van der Waals surface area contributed by atoms with E-state index in [1.165, 1.54) is 0 Å². The number of aliphatic hydroxyl groups is 1. The lowest BCUT2D eigenvalue weighted by Crippen LogP contribution is -2.55. The lowest BCUT2D eigenvalue weighted by atomic mass is 9.65. The second-order valence-corrected chi connectivity index (χ2v) is 9.05. The van der Waals surface area contributed by atoms with E-state index in [0.29, 0.717) is 45.2 Å². The number of fused-ring (bicyclic) bond motifs is 1. The van der Waals surface area contributed by atoms with Crippen molar-refractivity contribution in [3.05, 3.63) is 0 Å². The number of amides is 2. The van der Waals surface area contributed by atoms with E-state index in [1.54, 1.807) is 11.8 Å². The molecule has 2 N–H and O–H groups in total. The normalized spacial score (nSPS) is 33.6. The number of likely N-dealkylation sites (tertiary alicyclic amines) is 1. The molecular formula is C23H38N2O6. The third-order valence-corrected chi connectivity index (χ3v) is 7.36. The Morgan fingerprint density at radius 3 is 2.61 bits per heavy atom. The molecule has 0 aliphatic carbocycles. The highest BCUT2D eigenvalue weighted by Crippen LogP contribution is 2.64. The number of hydrogen-bond donors (Lipinski definition) is 2. The average Bonchev–Trinajstić information content (AvgIpc) is 3.35. The summed E-state index contributed by atoms with van der Waals surface area (Å²) in [5.74, 6) is -2.11. The molecule has 0 radical (unpaired) electrons. The molecule has 1 spiro atoms. The largest absolute Gasteiger partial charge is 0.466 e. The highest BCUT2D eigenvalue weighted by Gasteiger charge is 2.78. The van der Waals surface area contributed by atoms with Gasteiger partial charge in [0.25, 0.3) is 0 Å². The molecule has 5 atom stereocenters. The molecule has 3 rings (SSSR count). The van der Waals surface area contributed by atoms with Crippen molar-refractivity contribution in [1.82, 2.24) is 10.2 Å². The van der Waals surface area contributed by atoms with Crippen molar-refractivity contribution in [2.24, 2.45) is 11.8 Å². The number of nitrogens with zero attached hydrogens (tertiary/aromatic N) is 1. The molecule has 0 aromatic heterocycles. The summed E-state index contributed by atoms with van der Waals surface area (Å²) in [5.41, 5.74) is -1.71. The maximum absolute atomic E-state index is 13.7. The van der Waals surface area contributed by atoms with Gasteiger partial charge in [-0.25, -0.2) is 0 Å². The van der Waals surface area contributed by atoms with E-state index in [0.717, 1.165) is 19.3 Å². The second-order valence-electron chi connectivity index (χ2n) is 9.05. The zero-order valence-electron chi connectivity index (χ0n) is 19.2. The van der Waals surface area contributed by atoms with E-state index < -0.39 is 35.0 Å². The molecule has 2 amide bonds. The number of carbonyl (C=O) groups is 3. The first kappa shape index (κ1) is 24.0. The molecular weight excluding hydrogens is 400 g/mol. The van der Waals surface area contributed by atoms with E-state index in [9.17, 15) is 14.4 Å². The summed E-state index contributed by atoms with van der Waals surface area (Å²) in [6.07, 6.45) is 5.78. The maximum Gasteiger partial charge on any atom is 0.312 e. The van der Waals surface area contributed by atoms with E-state index in [2.05, 4.69) is 12.2 Å². The van der Waals surface area contributed by atoms with Crippen molar-refractivity contribution in [3.63, 3.8) is 0 Å². The molecule has 3 heterocycles. The van der Waals surface area contributed by atoms with Gasteiger partial charge < -0.3 is 24.8 Å². The van der Waals surface area contributed by atoms with Crippen LogP contribution in [0.5, 0.6) is 0 Å². The summed E-state index contributed by atoms with van der Waals surface area (Å²) in [6.45, 7) is 7.11. The van der Waals surface area contributed by atoms with Crippen LogP contribution in [0.3, 0.4) is 0 Å². The number of hydrogen-bond acceptors (Lipinski definition) is 6. The van der Waals surface area contributed by atoms with E-state index in [-0.39, 0.29) is 25.0 Å². The molecule has 2 bridgehead atoms. The summed E-state index contributed by atoms with van der Waals surface area (Å²) in [4.78, 5) is 41.6. The molecule has 3 saturated heterocycles. The third kappa shape index (κ3) is 3.97. The Labute approximate surface area is 185 Å². The molecule has 3 aliphatic heterocycles. The van der Waals surface area contributed by atoms with Crippen LogP contribution >= 0.6 is 0 Å². The number of nitrogens with one attached hydrogen (secondary N) is 1. The van der Waals surface area contributed by atoms with Gasteiger partial charge in [0.2, 0.25) is 11.8 Å². The number of aliphatic hydroxyl groups excluding tert-OH is 1. The van der Waals surface area contributed by atoms with Gasteiger partial charge in [-0.2, -0.15) is 0 Å². The fourth-order valence-corrected chi connectivity index (χ4v) is 5.91. The van der Waals surface area contributed by atoms with Crippen molar-refractivity contribution in [2.75, 3.05) is 26.3 Å². The lowest BCUT2D eigenvalue weighted by molar-refractivity contribution is -0.160. The van der Waals surface area contributed by atoms with Gasteiger partial charge in [-0.3, -0.25) is 14.4 Å². The van der Waals surface area contributed by atoms with Gasteiger partial charge in [0, 0.05) is 19.7 Å². The van der Waals surface area contributed by atoms with Crippen LogP contribution in [0, 0.1) is 11.8 Å². The van der Waals surface area contributed by atoms with Crippen LogP contribution in [0.15, 0.2) is 0 Å². The van der Waals surface area contributed by atoms with Crippen LogP contribution in [0.2, 0.25) is 0 Å². The van der Waals surface area contributed by atoms with E-state index >= 15 is 0 Å². The van der Waals surface area contributed by atoms with Crippen LogP contribution in [0.1, 0.15) is 72.1 Å². The quantitative estimate of drug-likeness (QED) is 0.355. The molecule has 8 heteroatoms. The predicted octanol–water partition coefficient (Wildman–Crippen LogP) is 1.78. The van der Waals surface area contributed by atoms with Gasteiger partial charge in [-0.05, 0) is 51.9 Å². The number of rotatable bonds is 12. The number of unbranched alkanes of at least 4 members (excludes halogenated alkanes) is 3. The molecule has 2 unspecified atom stereocenters. The smallest absolute Gasteiger partial charge is 0.312 e. The van der Waals surface area contributed by atoms with Crippen molar-refractivity contribution < 1.29 is 29.0 Å². The van der Waals surface area contributed by atoms with Gasteiger partial charge in [0.15, 0.2) is 0 Å². The predicted molar refractivity (Wildman–Crippen MR) is 114 cm³/mol. The van der Waals surface area contributed by atoms with Gasteiger partial charge in [-0.15, -0.1) is 0 Å². The average molecular weight is 439 g/mol. The highest BCUT2D eigenvalue weighted by atomic mass is 16.6. The molecule has 3 fully saturated rings. The summed E-state index contributed by atoms with van der Waals surface area (Å²) in [6, 6.07) is -0.733. The van der Waals surface area contributed by atoms with Crippen molar-refractivity contribution in [2.45, 2.75) is 89.4 Å². The molecule has 0 aromatic carbocycles. The van der Waals surface area contributed by atoms with Gasteiger partial charge >= 0.3 is 5.97 Å². The number of carbonyl (C=O) groups excluding carboxylic acids is 3. The topological polar surface area (TPSA) is 105 Å².